The molecule has 0 aromatic rings. The molecule has 26 heavy (non-hydrogen) atoms. The Balaban J connectivity index is 0.00000338. The Morgan fingerprint density at radius 2 is 1.88 bits per heavy atom. The van der Waals surface area contributed by atoms with Crippen LogP contribution in [0.3, 0.4) is 0 Å². The molecule has 0 saturated carbocycles. The van der Waals surface area contributed by atoms with Gasteiger partial charge in [-0.2, -0.15) is 0 Å². The zero-order valence-electron chi connectivity index (χ0n) is 17.0. The third-order valence-electron chi connectivity index (χ3n) is 5.37. The highest BCUT2D eigenvalue weighted by molar-refractivity contribution is 14.0. The van der Waals surface area contributed by atoms with Gasteiger partial charge in [-0.05, 0) is 51.5 Å². The molecule has 0 bridgehead atoms. The first-order valence-corrected chi connectivity index (χ1v) is 10.0. The zero-order chi connectivity index (χ0) is 18.2. The van der Waals surface area contributed by atoms with Gasteiger partial charge in [-0.15, -0.1) is 24.0 Å². The summed E-state index contributed by atoms with van der Waals surface area (Å²) in [5.74, 6) is 2.15. The molecule has 1 N–H and O–H groups in total. The molecule has 0 aliphatic carbocycles. The standard InChI is InChI=1S/C19H37N5O.HI/c1-5-20-19(24-14-9-16(2)10-15-24)21-11-7-13-23-12-6-8-17(23)18(25)22(3)4;/h16-17H,5-15H2,1-4H3,(H,20,21);1H. The number of nitrogens with zero attached hydrogens (tertiary/aromatic N) is 4. The van der Waals surface area contributed by atoms with Crippen LogP contribution in [0.25, 0.3) is 0 Å². The lowest BCUT2D eigenvalue weighted by atomic mass is 10.00. The first-order chi connectivity index (χ1) is 12.0. The minimum Gasteiger partial charge on any atom is -0.357 e. The molecule has 2 fully saturated rings. The molecule has 0 aromatic carbocycles. The Labute approximate surface area is 176 Å². The fourth-order valence-corrected chi connectivity index (χ4v) is 3.78. The van der Waals surface area contributed by atoms with Gasteiger partial charge in [-0.25, -0.2) is 0 Å². The molecule has 2 aliphatic heterocycles. The summed E-state index contributed by atoms with van der Waals surface area (Å²) in [5, 5.41) is 3.44. The van der Waals surface area contributed by atoms with Crippen LogP contribution in [0.4, 0.5) is 0 Å². The number of hydrogen-bond acceptors (Lipinski definition) is 3. The summed E-state index contributed by atoms with van der Waals surface area (Å²) in [6.07, 6.45) is 5.65. The average Bonchev–Trinajstić information content (AvgIpc) is 3.06. The molecule has 1 atom stereocenters. The molecule has 2 saturated heterocycles. The van der Waals surface area contributed by atoms with Crippen molar-refractivity contribution in [1.82, 2.24) is 20.0 Å². The minimum atomic E-state index is 0. The minimum absolute atomic E-state index is 0. The van der Waals surface area contributed by atoms with Crippen LogP contribution >= 0.6 is 24.0 Å². The Bertz CT molecular complexity index is 449. The number of rotatable bonds is 6. The number of amides is 1. The third-order valence-corrected chi connectivity index (χ3v) is 5.37. The van der Waals surface area contributed by atoms with Crippen LogP contribution in [0.2, 0.25) is 0 Å². The maximum Gasteiger partial charge on any atom is 0.239 e. The molecule has 1 amide bonds. The fraction of sp³-hybridized carbons (Fsp3) is 0.895. The second-order valence-corrected chi connectivity index (χ2v) is 7.69. The van der Waals surface area contributed by atoms with E-state index in [1.165, 1.54) is 12.8 Å². The van der Waals surface area contributed by atoms with Gasteiger partial charge < -0.3 is 15.1 Å². The second-order valence-electron chi connectivity index (χ2n) is 7.69. The van der Waals surface area contributed by atoms with Crippen LogP contribution < -0.4 is 5.32 Å². The number of aliphatic imine (C=N–C) groups is 1. The van der Waals surface area contributed by atoms with Crippen molar-refractivity contribution in [2.24, 2.45) is 10.9 Å². The highest BCUT2D eigenvalue weighted by Gasteiger charge is 2.31. The number of halogens is 1. The molecule has 0 radical (unpaired) electrons. The van der Waals surface area contributed by atoms with Crippen molar-refractivity contribution in [3.05, 3.63) is 0 Å². The van der Waals surface area contributed by atoms with Gasteiger partial charge in [0, 0.05) is 46.8 Å². The molecule has 0 aromatic heterocycles. The number of carbonyl (C=O) groups is 1. The Kier molecular flexibility index (Phi) is 10.8. The lowest BCUT2D eigenvalue weighted by molar-refractivity contribution is -0.133. The van der Waals surface area contributed by atoms with E-state index in [1.54, 1.807) is 4.90 Å². The number of likely N-dealkylation sites (N-methyl/N-ethyl adjacent to an activating group) is 1. The summed E-state index contributed by atoms with van der Waals surface area (Å²) >= 11 is 0. The summed E-state index contributed by atoms with van der Waals surface area (Å²) in [4.78, 5) is 23.6. The van der Waals surface area contributed by atoms with E-state index in [-0.39, 0.29) is 35.9 Å². The average molecular weight is 479 g/mol. The quantitative estimate of drug-likeness (QED) is 0.275. The van der Waals surface area contributed by atoms with Crippen molar-refractivity contribution in [1.29, 1.82) is 0 Å². The molecular weight excluding hydrogens is 441 g/mol. The Morgan fingerprint density at radius 1 is 1.19 bits per heavy atom. The molecule has 7 heteroatoms. The van der Waals surface area contributed by atoms with Gasteiger partial charge in [0.05, 0.1) is 6.04 Å². The topological polar surface area (TPSA) is 51.2 Å². The summed E-state index contributed by atoms with van der Waals surface area (Å²) in [5.41, 5.74) is 0. The molecule has 152 valence electrons. The van der Waals surface area contributed by atoms with E-state index in [9.17, 15) is 4.79 Å². The van der Waals surface area contributed by atoms with Crippen LogP contribution in [0.15, 0.2) is 4.99 Å². The first-order valence-electron chi connectivity index (χ1n) is 10.0. The summed E-state index contributed by atoms with van der Waals surface area (Å²) < 4.78 is 0. The highest BCUT2D eigenvalue weighted by atomic mass is 127. The largest absolute Gasteiger partial charge is 0.357 e. The highest BCUT2D eigenvalue weighted by Crippen LogP contribution is 2.19. The van der Waals surface area contributed by atoms with Gasteiger partial charge in [0.1, 0.15) is 0 Å². The Morgan fingerprint density at radius 3 is 2.50 bits per heavy atom. The molecular formula is C19H38IN5O. The number of piperidine rings is 1. The van der Waals surface area contributed by atoms with E-state index >= 15 is 0 Å². The van der Waals surface area contributed by atoms with Crippen LogP contribution in [0.5, 0.6) is 0 Å². The van der Waals surface area contributed by atoms with Gasteiger partial charge in [-0.3, -0.25) is 14.7 Å². The van der Waals surface area contributed by atoms with E-state index in [2.05, 4.69) is 29.0 Å². The van der Waals surface area contributed by atoms with Gasteiger partial charge in [0.15, 0.2) is 5.96 Å². The van der Waals surface area contributed by atoms with Crippen LogP contribution in [-0.4, -0.2) is 86.0 Å². The van der Waals surface area contributed by atoms with E-state index in [4.69, 9.17) is 4.99 Å². The van der Waals surface area contributed by atoms with Gasteiger partial charge >= 0.3 is 0 Å². The van der Waals surface area contributed by atoms with Crippen molar-refractivity contribution >= 4 is 35.8 Å². The molecule has 0 spiro atoms. The van der Waals surface area contributed by atoms with E-state index in [1.807, 2.05) is 14.1 Å². The summed E-state index contributed by atoms with van der Waals surface area (Å²) in [6.45, 7) is 10.4. The lowest BCUT2D eigenvalue weighted by Gasteiger charge is -2.33. The van der Waals surface area contributed by atoms with Gasteiger partial charge in [0.25, 0.3) is 0 Å². The van der Waals surface area contributed by atoms with Crippen LogP contribution in [0.1, 0.15) is 46.0 Å². The monoisotopic (exact) mass is 479 g/mol. The number of nitrogens with one attached hydrogen (secondary N) is 1. The maximum absolute atomic E-state index is 12.3. The molecule has 2 heterocycles. The SMILES string of the molecule is CCNC(=NCCCN1CCCC1C(=O)N(C)C)N1CCC(C)CC1.I. The van der Waals surface area contributed by atoms with E-state index in [0.717, 1.165) is 70.4 Å². The number of hydrogen-bond donors (Lipinski definition) is 1. The predicted molar refractivity (Wildman–Crippen MR) is 119 cm³/mol. The summed E-state index contributed by atoms with van der Waals surface area (Å²) in [6, 6.07) is 0.0794. The van der Waals surface area contributed by atoms with Crippen molar-refractivity contribution in [2.75, 3.05) is 53.4 Å². The number of likely N-dealkylation sites (tertiary alicyclic amines) is 2. The molecule has 6 nitrogen and oxygen atoms in total. The smallest absolute Gasteiger partial charge is 0.239 e. The maximum atomic E-state index is 12.3. The van der Waals surface area contributed by atoms with Crippen molar-refractivity contribution < 1.29 is 4.79 Å². The van der Waals surface area contributed by atoms with Crippen molar-refractivity contribution in [3.8, 4) is 0 Å². The van der Waals surface area contributed by atoms with Crippen molar-refractivity contribution in [2.45, 2.75) is 52.0 Å². The van der Waals surface area contributed by atoms with Crippen LogP contribution in [0, 0.1) is 5.92 Å². The molecule has 2 aliphatic rings. The van der Waals surface area contributed by atoms with Crippen LogP contribution in [-0.2, 0) is 4.79 Å². The molecule has 2 rings (SSSR count). The third kappa shape index (κ3) is 6.87. The van der Waals surface area contributed by atoms with Gasteiger partial charge in [-0.1, -0.05) is 6.92 Å². The normalized spacial score (nSPS) is 22.2. The number of guanidine groups is 1. The fourth-order valence-electron chi connectivity index (χ4n) is 3.78. The van der Waals surface area contributed by atoms with Gasteiger partial charge in [0.2, 0.25) is 5.91 Å². The van der Waals surface area contributed by atoms with Crippen molar-refractivity contribution in [3.63, 3.8) is 0 Å². The Hall–Kier alpha value is -0.570. The van der Waals surface area contributed by atoms with E-state index in [0.29, 0.717) is 0 Å². The van der Waals surface area contributed by atoms with E-state index < -0.39 is 0 Å². The first kappa shape index (κ1) is 23.5. The predicted octanol–water partition coefficient (Wildman–Crippen LogP) is 2.24. The lowest BCUT2D eigenvalue weighted by Crippen LogP contribution is -2.45. The second kappa shape index (κ2) is 12.0. The summed E-state index contributed by atoms with van der Waals surface area (Å²) in [7, 11) is 3.70. The molecule has 1 unspecified atom stereocenters. The number of carbonyl (C=O) groups excluding carboxylic acids is 1. The zero-order valence-corrected chi connectivity index (χ0v) is 19.4.